The lowest BCUT2D eigenvalue weighted by Crippen LogP contribution is -2.15. The Hall–Kier alpha value is -0.0200. The van der Waals surface area contributed by atoms with Crippen LogP contribution in [0.5, 0.6) is 0 Å². The third-order valence-electron chi connectivity index (χ3n) is 1.38. The van der Waals surface area contributed by atoms with Crippen LogP contribution in [0.4, 0.5) is 4.39 Å². The van der Waals surface area contributed by atoms with Crippen molar-refractivity contribution in [3.8, 4) is 0 Å². The number of alkyl halides is 2. The molecule has 62 valence electrons. The van der Waals surface area contributed by atoms with Gasteiger partial charge in [-0.15, -0.1) is 11.6 Å². The van der Waals surface area contributed by atoms with Gasteiger partial charge in [0.05, 0.1) is 17.3 Å². The van der Waals surface area contributed by atoms with Gasteiger partial charge in [-0.1, -0.05) is 15.9 Å². The summed E-state index contributed by atoms with van der Waals surface area (Å²) in [4.78, 5) is -0.0568. The van der Waals surface area contributed by atoms with Crippen LogP contribution in [0.3, 0.4) is 0 Å². The topological polar surface area (TPSA) is 9.23 Å². The Bertz CT molecular complexity index is 214. The summed E-state index contributed by atoms with van der Waals surface area (Å²) < 4.78 is 17.6. The lowest BCUT2D eigenvalue weighted by atomic mass is 10.1. The summed E-state index contributed by atoms with van der Waals surface area (Å²) in [7, 11) is 1.42. The van der Waals surface area contributed by atoms with Crippen molar-refractivity contribution in [2.75, 3.05) is 7.11 Å². The molecule has 1 aliphatic carbocycles. The Labute approximate surface area is 78.0 Å². The van der Waals surface area contributed by atoms with E-state index in [0.29, 0.717) is 0 Å². The first kappa shape index (κ1) is 9.07. The van der Waals surface area contributed by atoms with Crippen LogP contribution in [0.1, 0.15) is 0 Å². The molecule has 0 spiro atoms. The Morgan fingerprint density at radius 1 is 1.64 bits per heavy atom. The van der Waals surface area contributed by atoms with Crippen LogP contribution in [0, 0.1) is 0 Å². The largest absolute Gasteiger partial charge is 0.494 e. The van der Waals surface area contributed by atoms with Crippen LogP contribution >= 0.6 is 27.5 Å². The summed E-state index contributed by atoms with van der Waals surface area (Å²) in [6.07, 6.45) is 2.92. The van der Waals surface area contributed by atoms with Gasteiger partial charge in [-0.05, 0) is 12.2 Å². The summed E-state index contributed by atoms with van der Waals surface area (Å²) in [5.41, 5.74) is 0. The lowest BCUT2D eigenvalue weighted by Gasteiger charge is -2.16. The van der Waals surface area contributed by atoms with Crippen LogP contribution in [0.25, 0.3) is 0 Å². The molecule has 0 aliphatic heterocycles. The number of halogens is 3. The number of hydrogen-bond acceptors (Lipinski definition) is 1. The fourth-order valence-electron chi connectivity index (χ4n) is 0.796. The number of rotatable bonds is 1. The highest BCUT2D eigenvalue weighted by Gasteiger charge is 2.21. The number of ether oxygens (including phenoxy) is 1. The molecule has 1 nitrogen and oxygen atoms in total. The molecule has 0 bridgehead atoms. The highest BCUT2D eigenvalue weighted by Crippen LogP contribution is 2.27. The maximum Gasteiger partial charge on any atom is 0.162 e. The van der Waals surface area contributed by atoms with Crippen molar-refractivity contribution in [3.63, 3.8) is 0 Å². The van der Waals surface area contributed by atoms with E-state index in [1.807, 2.05) is 0 Å². The smallest absolute Gasteiger partial charge is 0.162 e. The second-order valence-corrected chi connectivity index (χ2v) is 3.70. The minimum atomic E-state index is -0.400. The molecule has 0 heterocycles. The summed E-state index contributed by atoms with van der Waals surface area (Å²) >= 11 is 8.98. The van der Waals surface area contributed by atoms with Crippen LogP contribution in [0.15, 0.2) is 23.7 Å². The van der Waals surface area contributed by atoms with E-state index >= 15 is 0 Å². The highest BCUT2D eigenvalue weighted by molar-refractivity contribution is 9.09. The van der Waals surface area contributed by atoms with Gasteiger partial charge in [0.15, 0.2) is 11.6 Å². The fourth-order valence-corrected chi connectivity index (χ4v) is 1.37. The van der Waals surface area contributed by atoms with E-state index in [2.05, 4.69) is 15.9 Å². The molecule has 4 heteroatoms. The Balaban J connectivity index is 2.82. The molecule has 1 rings (SSSR count). The molecule has 0 N–H and O–H groups in total. The highest BCUT2D eigenvalue weighted by atomic mass is 79.9. The molecule has 0 fully saturated rings. The molecule has 2 unspecified atom stereocenters. The molecule has 0 aromatic heterocycles. The predicted molar refractivity (Wildman–Crippen MR) is 46.6 cm³/mol. The van der Waals surface area contributed by atoms with Crippen molar-refractivity contribution >= 4 is 27.5 Å². The first-order valence-electron chi connectivity index (χ1n) is 3.07. The van der Waals surface area contributed by atoms with Gasteiger partial charge in [0.2, 0.25) is 0 Å². The van der Waals surface area contributed by atoms with Gasteiger partial charge in [-0.3, -0.25) is 0 Å². The van der Waals surface area contributed by atoms with Crippen molar-refractivity contribution in [2.45, 2.75) is 10.2 Å². The zero-order valence-corrected chi connectivity index (χ0v) is 8.19. The second kappa shape index (κ2) is 3.59. The molecule has 0 saturated carbocycles. The Morgan fingerprint density at radius 2 is 2.27 bits per heavy atom. The molecule has 0 aromatic carbocycles. The van der Waals surface area contributed by atoms with Gasteiger partial charge in [0, 0.05) is 0 Å². The number of methoxy groups -OCH3 is 1. The average molecular weight is 241 g/mol. The first-order valence-corrected chi connectivity index (χ1v) is 4.42. The van der Waals surface area contributed by atoms with Gasteiger partial charge in [0.1, 0.15) is 0 Å². The fraction of sp³-hybridized carbons (Fsp3) is 0.429. The van der Waals surface area contributed by atoms with Crippen LogP contribution < -0.4 is 0 Å². The zero-order chi connectivity index (χ0) is 8.43. The molecule has 0 saturated heterocycles. The van der Waals surface area contributed by atoms with Gasteiger partial charge in [-0.25, -0.2) is 4.39 Å². The summed E-state index contributed by atoms with van der Waals surface area (Å²) in [6.45, 7) is 0. The molecule has 2 atom stereocenters. The van der Waals surface area contributed by atoms with E-state index in [1.165, 1.54) is 13.2 Å². The van der Waals surface area contributed by atoms with E-state index in [0.717, 1.165) is 0 Å². The quantitative estimate of drug-likeness (QED) is 0.642. The number of allylic oxidation sites excluding steroid dienone is 3. The standard InChI is InChI=1S/C7H7BrClFO/c1-11-7-2-4(8)5(9)3-6(7)10/h2-5H,1H3. The third kappa shape index (κ3) is 1.97. The SMILES string of the molecule is COC1=CC(Br)C(Cl)C=C1F. The van der Waals surface area contributed by atoms with Crippen LogP contribution in [0.2, 0.25) is 0 Å². The minimum Gasteiger partial charge on any atom is -0.494 e. The monoisotopic (exact) mass is 240 g/mol. The molecular weight excluding hydrogens is 234 g/mol. The molecule has 0 aromatic rings. The molecule has 1 aliphatic rings. The van der Waals surface area contributed by atoms with E-state index in [1.54, 1.807) is 6.08 Å². The molecule has 0 amide bonds. The van der Waals surface area contributed by atoms with Gasteiger partial charge in [0.25, 0.3) is 0 Å². The van der Waals surface area contributed by atoms with E-state index in [9.17, 15) is 4.39 Å². The van der Waals surface area contributed by atoms with E-state index in [-0.39, 0.29) is 16.0 Å². The predicted octanol–water partition coefficient (Wildman–Crippen LogP) is 2.75. The Kier molecular flexibility index (Phi) is 2.96. The zero-order valence-electron chi connectivity index (χ0n) is 5.85. The van der Waals surface area contributed by atoms with Crippen molar-refractivity contribution < 1.29 is 9.13 Å². The second-order valence-electron chi connectivity index (χ2n) is 2.14. The van der Waals surface area contributed by atoms with Crippen LogP contribution in [-0.2, 0) is 4.74 Å². The molecule has 0 radical (unpaired) electrons. The van der Waals surface area contributed by atoms with Gasteiger partial charge < -0.3 is 4.74 Å². The van der Waals surface area contributed by atoms with Crippen molar-refractivity contribution in [1.29, 1.82) is 0 Å². The van der Waals surface area contributed by atoms with Crippen molar-refractivity contribution in [2.24, 2.45) is 0 Å². The van der Waals surface area contributed by atoms with E-state index in [4.69, 9.17) is 16.3 Å². The van der Waals surface area contributed by atoms with Gasteiger partial charge in [-0.2, -0.15) is 0 Å². The number of hydrogen-bond donors (Lipinski definition) is 0. The molecular formula is C7H7BrClFO. The van der Waals surface area contributed by atoms with Gasteiger partial charge >= 0.3 is 0 Å². The normalized spacial score (nSPS) is 30.9. The third-order valence-corrected chi connectivity index (χ3v) is 2.91. The van der Waals surface area contributed by atoms with E-state index < -0.39 is 5.83 Å². The van der Waals surface area contributed by atoms with Crippen LogP contribution in [-0.4, -0.2) is 17.3 Å². The average Bonchev–Trinajstić information content (AvgIpc) is 1.97. The molecule has 11 heavy (non-hydrogen) atoms. The maximum atomic E-state index is 12.8. The van der Waals surface area contributed by atoms with Crippen molar-refractivity contribution in [1.82, 2.24) is 0 Å². The maximum absolute atomic E-state index is 12.8. The van der Waals surface area contributed by atoms with Crippen molar-refractivity contribution in [3.05, 3.63) is 23.7 Å². The summed E-state index contributed by atoms with van der Waals surface area (Å²) in [5, 5.41) is -0.339. The Morgan fingerprint density at radius 3 is 2.82 bits per heavy atom. The summed E-state index contributed by atoms with van der Waals surface area (Å²) in [6, 6.07) is 0. The summed E-state index contributed by atoms with van der Waals surface area (Å²) in [5.74, 6) is -0.160. The lowest BCUT2D eigenvalue weighted by molar-refractivity contribution is 0.279. The first-order chi connectivity index (χ1) is 5.15. The minimum absolute atomic E-state index is 0.0568.